The third-order valence-corrected chi connectivity index (χ3v) is 7.37. The second-order valence-electron chi connectivity index (χ2n) is 8.31. The maximum absolute atomic E-state index is 13.5. The van der Waals surface area contributed by atoms with Gasteiger partial charge in [-0.05, 0) is 56.2 Å². The van der Waals surface area contributed by atoms with Gasteiger partial charge in [-0.3, -0.25) is 9.10 Å². The van der Waals surface area contributed by atoms with Crippen LogP contribution in [-0.2, 0) is 21.0 Å². The maximum atomic E-state index is 13.5. The SMILES string of the molecule is CC[C@@H](NC(=O)CN(c1cccc(C(F)(F)F)c1)S(=O)(=O)c1ccc(C)cc1)c1ccc(C)cc1. The van der Waals surface area contributed by atoms with Crippen LogP contribution in [0.4, 0.5) is 18.9 Å². The number of hydrogen-bond acceptors (Lipinski definition) is 3. The molecule has 0 heterocycles. The Bertz CT molecular complexity index is 1270. The molecule has 0 aliphatic heterocycles. The van der Waals surface area contributed by atoms with Gasteiger partial charge in [0, 0.05) is 0 Å². The van der Waals surface area contributed by atoms with Gasteiger partial charge in [-0.15, -0.1) is 0 Å². The van der Waals surface area contributed by atoms with Crippen molar-refractivity contribution in [2.75, 3.05) is 10.8 Å². The maximum Gasteiger partial charge on any atom is 0.416 e. The van der Waals surface area contributed by atoms with Gasteiger partial charge in [0.15, 0.2) is 0 Å². The summed E-state index contributed by atoms with van der Waals surface area (Å²) in [4.78, 5) is 12.9. The molecule has 9 heteroatoms. The van der Waals surface area contributed by atoms with Crippen LogP contribution < -0.4 is 9.62 Å². The van der Waals surface area contributed by atoms with Crippen LogP contribution in [0.1, 0.15) is 41.6 Å². The number of amides is 1. The molecule has 0 unspecified atom stereocenters. The van der Waals surface area contributed by atoms with Crippen molar-refractivity contribution < 1.29 is 26.4 Å². The van der Waals surface area contributed by atoms with Crippen LogP contribution in [-0.4, -0.2) is 20.9 Å². The summed E-state index contributed by atoms with van der Waals surface area (Å²) < 4.78 is 67.7. The quantitative estimate of drug-likeness (QED) is 0.423. The first-order valence-corrected chi connectivity index (χ1v) is 12.5. The van der Waals surface area contributed by atoms with Crippen LogP contribution in [0.3, 0.4) is 0 Å². The van der Waals surface area contributed by atoms with E-state index in [1.165, 1.54) is 18.2 Å². The average molecular weight is 505 g/mol. The largest absolute Gasteiger partial charge is 0.416 e. The molecule has 1 N–H and O–H groups in total. The molecule has 0 aliphatic rings. The normalized spacial score (nSPS) is 12.7. The number of rotatable bonds is 8. The van der Waals surface area contributed by atoms with Crippen molar-refractivity contribution >= 4 is 21.6 Å². The summed E-state index contributed by atoms with van der Waals surface area (Å²) in [5.41, 5.74) is 1.45. The molecule has 3 rings (SSSR count). The molecular formula is C26H27F3N2O3S. The van der Waals surface area contributed by atoms with Crippen molar-refractivity contribution in [3.05, 3.63) is 95.1 Å². The highest BCUT2D eigenvalue weighted by molar-refractivity contribution is 7.92. The van der Waals surface area contributed by atoms with Gasteiger partial charge in [-0.25, -0.2) is 8.42 Å². The monoisotopic (exact) mass is 504 g/mol. The molecule has 0 saturated carbocycles. The number of anilines is 1. The summed E-state index contributed by atoms with van der Waals surface area (Å²) in [6.07, 6.45) is -4.13. The van der Waals surface area contributed by atoms with Crippen molar-refractivity contribution in [2.24, 2.45) is 0 Å². The van der Waals surface area contributed by atoms with E-state index in [2.05, 4.69) is 5.32 Å². The summed E-state index contributed by atoms with van der Waals surface area (Å²) in [6.45, 7) is 4.91. The van der Waals surface area contributed by atoms with Gasteiger partial charge in [0.05, 0.1) is 22.2 Å². The molecule has 1 amide bonds. The lowest BCUT2D eigenvalue weighted by Gasteiger charge is -2.26. The van der Waals surface area contributed by atoms with Crippen LogP contribution in [0.2, 0.25) is 0 Å². The number of benzene rings is 3. The first-order valence-electron chi connectivity index (χ1n) is 11.0. The molecule has 0 saturated heterocycles. The second kappa shape index (κ2) is 10.5. The first-order chi connectivity index (χ1) is 16.4. The number of hydrogen-bond donors (Lipinski definition) is 1. The van der Waals surface area contributed by atoms with E-state index in [1.54, 1.807) is 19.1 Å². The molecule has 0 aromatic heterocycles. The van der Waals surface area contributed by atoms with Gasteiger partial charge in [-0.1, -0.05) is 60.5 Å². The Morgan fingerprint density at radius 3 is 2.06 bits per heavy atom. The summed E-state index contributed by atoms with van der Waals surface area (Å²) >= 11 is 0. The Kier molecular flexibility index (Phi) is 7.90. The fourth-order valence-electron chi connectivity index (χ4n) is 3.58. The highest BCUT2D eigenvalue weighted by Crippen LogP contribution is 2.33. The summed E-state index contributed by atoms with van der Waals surface area (Å²) in [7, 11) is -4.34. The molecule has 0 spiro atoms. The zero-order valence-corrected chi connectivity index (χ0v) is 20.5. The number of carbonyl (C=O) groups excluding carboxylic acids is 1. The van der Waals surface area contributed by atoms with E-state index in [9.17, 15) is 26.4 Å². The predicted octanol–water partition coefficient (Wildman–Crippen LogP) is 5.79. The van der Waals surface area contributed by atoms with Crippen molar-refractivity contribution in [3.8, 4) is 0 Å². The lowest BCUT2D eigenvalue weighted by molar-refractivity contribution is -0.137. The Labute approximate surface area is 203 Å². The third kappa shape index (κ3) is 6.42. The number of carbonyl (C=O) groups is 1. The second-order valence-corrected chi connectivity index (χ2v) is 10.2. The minimum Gasteiger partial charge on any atom is -0.348 e. The highest BCUT2D eigenvalue weighted by Gasteiger charge is 2.33. The molecule has 0 aliphatic carbocycles. The first kappa shape index (κ1) is 26.3. The number of alkyl halides is 3. The van der Waals surface area contributed by atoms with E-state index in [1.807, 2.05) is 38.1 Å². The average Bonchev–Trinajstić information content (AvgIpc) is 2.81. The van der Waals surface area contributed by atoms with E-state index >= 15 is 0 Å². The van der Waals surface area contributed by atoms with Gasteiger partial charge in [0.2, 0.25) is 5.91 Å². The van der Waals surface area contributed by atoms with Crippen LogP contribution in [0, 0.1) is 13.8 Å². The van der Waals surface area contributed by atoms with E-state index in [-0.39, 0.29) is 16.6 Å². The smallest absolute Gasteiger partial charge is 0.348 e. The minimum absolute atomic E-state index is 0.126. The topological polar surface area (TPSA) is 66.5 Å². The Hall–Kier alpha value is -3.33. The number of halogens is 3. The van der Waals surface area contributed by atoms with Crippen LogP contribution in [0.25, 0.3) is 0 Å². The van der Waals surface area contributed by atoms with E-state index in [4.69, 9.17) is 0 Å². The lowest BCUT2D eigenvalue weighted by Crippen LogP contribution is -2.42. The van der Waals surface area contributed by atoms with Crippen molar-refractivity contribution in [1.29, 1.82) is 0 Å². The molecule has 35 heavy (non-hydrogen) atoms. The van der Waals surface area contributed by atoms with E-state index in [0.717, 1.165) is 34.9 Å². The zero-order valence-electron chi connectivity index (χ0n) is 19.6. The Morgan fingerprint density at radius 1 is 0.943 bits per heavy atom. The van der Waals surface area contributed by atoms with Gasteiger partial charge in [0.1, 0.15) is 6.54 Å². The number of nitrogens with one attached hydrogen (secondary N) is 1. The van der Waals surface area contributed by atoms with Crippen LogP contribution in [0.5, 0.6) is 0 Å². The van der Waals surface area contributed by atoms with Gasteiger partial charge < -0.3 is 5.32 Å². The standard InChI is InChI=1S/C26H27F3N2O3S/c1-4-24(20-12-8-18(2)9-13-20)30-25(32)17-31(22-7-5-6-21(16-22)26(27,28)29)35(33,34)23-14-10-19(3)11-15-23/h5-16,24H,4,17H2,1-3H3,(H,30,32)/t24-/m1/s1. The Balaban J connectivity index is 1.97. The van der Waals surface area contributed by atoms with Crippen molar-refractivity contribution in [1.82, 2.24) is 5.32 Å². The minimum atomic E-state index is -4.67. The molecule has 5 nitrogen and oxygen atoms in total. The number of nitrogens with zero attached hydrogens (tertiary/aromatic N) is 1. The van der Waals surface area contributed by atoms with Gasteiger partial charge in [0.25, 0.3) is 10.0 Å². The third-order valence-electron chi connectivity index (χ3n) is 5.58. The molecule has 0 fully saturated rings. The highest BCUT2D eigenvalue weighted by atomic mass is 32.2. The summed E-state index contributed by atoms with van der Waals surface area (Å²) in [5.74, 6) is -0.634. The molecule has 1 atom stereocenters. The molecule has 0 bridgehead atoms. The van der Waals surface area contributed by atoms with Gasteiger partial charge >= 0.3 is 6.18 Å². The number of aryl methyl sites for hydroxylation is 2. The number of sulfonamides is 1. The van der Waals surface area contributed by atoms with Crippen LogP contribution in [0.15, 0.2) is 77.7 Å². The molecular weight excluding hydrogens is 477 g/mol. The zero-order chi connectivity index (χ0) is 25.8. The molecule has 3 aromatic rings. The summed E-state index contributed by atoms with van der Waals surface area (Å²) in [5, 5.41) is 2.81. The Morgan fingerprint density at radius 2 is 1.51 bits per heavy atom. The van der Waals surface area contributed by atoms with Crippen molar-refractivity contribution in [2.45, 2.75) is 44.3 Å². The van der Waals surface area contributed by atoms with Crippen molar-refractivity contribution in [3.63, 3.8) is 0 Å². The van der Waals surface area contributed by atoms with E-state index < -0.39 is 34.2 Å². The van der Waals surface area contributed by atoms with E-state index in [0.29, 0.717) is 10.7 Å². The fourth-order valence-corrected chi connectivity index (χ4v) is 4.99. The van der Waals surface area contributed by atoms with Crippen LogP contribution >= 0.6 is 0 Å². The van der Waals surface area contributed by atoms with Gasteiger partial charge in [-0.2, -0.15) is 13.2 Å². The molecule has 0 radical (unpaired) electrons. The predicted molar refractivity (Wildman–Crippen MR) is 130 cm³/mol. The fraction of sp³-hybridized carbons (Fsp3) is 0.269. The molecule has 186 valence electrons. The lowest BCUT2D eigenvalue weighted by atomic mass is 10.0. The summed E-state index contributed by atoms with van der Waals surface area (Å²) in [6, 6.07) is 17.0. The molecule has 3 aromatic carbocycles.